The van der Waals surface area contributed by atoms with Gasteiger partial charge in [0.1, 0.15) is 11.4 Å². The third-order valence-corrected chi connectivity index (χ3v) is 4.90. The number of carbonyl (C=O) groups excluding carboxylic acids is 1. The van der Waals surface area contributed by atoms with Gasteiger partial charge in [0.2, 0.25) is 0 Å². The van der Waals surface area contributed by atoms with Crippen molar-refractivity contribution >= 4 is 5.91 Å². The molecule has 1 N–H and O–H groups in total. The number of hydrogen-bond donors (Lipinski definition) is 1. The molecule has 0 bridgehead atoms. The first-order valence-electron chi connectivity index (χ1n) is 9.53. The fraction of sp³-hybridized carbons (Fsp3) is 0.182. The smallest absolute Gasteiger partial charge is 0.254 e. The molecule has 0 fully saturated rings. The van der Waals surface area contributed by atoms with E-state index in [1.54, 1.807) is 41.3 Å². The summed E-state index contributed by atoms with van der Waals surface area (Å²) in [5.41, 5.74) is 3.07. The summed E-state index contributed by atoms with van der Waals surface area (Å²) < 4.78 is 8.76. The zero-order valence-corrected chi connectivity index (χ0v) is 17.0. The van der Waals surface area contributed by atoms with Crippen LogP contribution in [0.25, 0.3) is 11.5 Å². The van der Waals surface area contributed by atoms with Crippen molar-refractivity contribution in [2.45, 2.75) is 19.9 Å². The number of carbonyl (C=O) groups is 1. The van der Waals surface area contributed by atoms with Crippen molar-refractivity contribution in [1.29, 1.82) is 0 Å². The summed E-state index contributed by atoms with van der Waals surface area (Å²) in [6.45, 7) is 3.88. The highest BCUT2D eigenvalue weighted by molar-refractivity contribution is 5.94. The van der Waals surface area contributed by atoms with Crippen LogP contribution in [0.5, 0.6) is 5.75 Å². The average molecular weight is 402 g/mol. The molecular weight excluding hydrogens is 380 g/mol. The molecule has 8 heteroatoms. The number of amides is 1. The van der Waals surface area contributed by atoms with Crippen molar-refractivity contribution in [1.82, 2.24) is 29.9 Å². The molecule has 1 unspecified atom stereocenters. The normalized spacial score (nSPS) is 11.8. The summed E-state index contributed by atoms with van der Waals surface area (Å²) in [5.74, 6) is 1.20. The molecule has 0 aliphatic rings. The second-order valence-corrected chi connectivity index (χ2v) is 6.83. The maximum Gasteiger partial charge on any atom is 0.254 e. The zero-order valence-electron chi connectivity index (χ0n) is 17.0. The molecule has 0 saturated carbocycles. The van der Waals surface area contributed by atoms with E-state index < -0.39 is 0 Å². The van der Waals surface area contributed by atoms with E-state index in [-0.39, 0.29) is 11.9 Å². The Kier molecular flexibility index (Phi) is 5.30. The Morgan fingerprint density at radius 2 is 1.90 bits per heavy atom. The Morgan fingerprint density at radius 3 is 2.67 bits per heavy atom. The van der Waals surface area contributed by atoms with E-state index in [0.717, 1.165) is 22.8 Å². The van der Waals surface area contributed by atoms with E-state index in [2.05, 4.69) is 20.5 Å². The summed E-state index contributed by atoms with van der Waals surface area (Å²) in [6, 6.07) is 12.9. The van der Waals surface area contributed by atoms with Crippen molar-refractivity contribution in [3.63, 3.8) is 0 Å². The van der Waals surface area contributed by atoms with E-state index in [0.29, 0.717) is 11.3 Å². The largest absolute Gasteiger partial charge is 0.494 e. The van der Waals surface area contributed by atoms with Crippen molar-refractivity contribution in [2.24, 2.45) is 0 Å². The molecule has 1 aromatic carbocycles. The number of pyridine rings is 1. The summed E-state index contributed by atoms with van der Waals surface area (Å²) in [6.07, 6.45) is 6.71. The molecule has 152 valence electrons. The number of nitrogens with one attached hydrogen (secondary N) is 1. The van der Waals surface area contributed by atoms with Crippen LogP contribution in [0.4, 0.5) is 0 Å². The maximum absolute atomic E-state index is 12.8. The van der Waals surface area contributed by atoms with Crippen molar-refractivity contribution < 1.29 is 9.53 Å². The summed E-state index contributed by atoms with van der Waals surface area (Å²) in [4.78, 5) is 17.1. The Balaban J connectivity index is 1.51. The second kappa shape index (κ2) is 8.20. The number of ether oxygens (including phenoxy) is 1. The lowest BCUT2D eigenvalue weighted by Gasteiger charge is -2.13. The SMILES string of the molecule is COc1ccccc1-n1cc(C(=O)NC(C)c2cnn(-c3ccccn3)c2C)cn1. The molecule has 0 aliphatic carbocycles. The molecule has 4 rings (SSSR count). The van der Waals surface area contributed by atoms with Crippen molar-refractivity contribution in [2.75, 3.05) is 7.11 Å². The zero-order chi connectivity index (χ0) is 21.1. The third-order valence-electron chi connectivity index (χ3n) is 4.90. The van der Waals surface area contributed by atoms with Gasteiger partial charge in [-0.2, -0.15) is 10.2 Å². The van der Waals surface area contributed by atoms with Gasteiger partial charge in [-0.1, -0.05) is 18.2 Å². The van der Waals surface area contributed by atoms with Gasteiger partial charge in [-0.3, -0.25) is 4.79 Å². The molecule has 0 radical (unpaired) electrons. The lowest BCUT2D eigenvalue weighted by Crippen LogP contribution is -2.26. The molecule has 8 nitrogen and oxygen atoms in total. The Morgan fingerprint density at radius 1 is 1.10 bits per heavy atom. The van der Waals surface area contributed by atoms with E-state index >= 15 is 0 Å². The molecule has 3 heterocycles. The number of para-hydroxylation sites is 2. The predicted molar refractivity (Wildman–Crippen MR) is 112 cm³/mol. The number of benzene rings is 1. The highest BCUT2D eigenvalue weighted by Gasteiger charge is 2.19. The lowest BCUT2D eigenvalue weighted by molar-refractivity contribution is 0.0940. The maximum atomic E-state index is 12.8. The van der Waals surface area contributed by atoms with Gasteiger partial charge in [0.15, 0.2) is 5.82 Å². The molecule has 4 aromatic rings. The van der Waals surface area contributed by atoms with Gasteiger partial charge < -0.3 is 10.1 Å². The number of methoxy groups -OCH3 is 1. The van der Waals surface area contributed by atoms with E-state index in [1.807, 2.05) is 56.3 Å². The van der Waals surface area contributed by atoms with Gasteiger partial charge in [0.05, 0.1) is 31.1 Å². The van der Waals surface area contributed by atoms with Crippen LogP contribution in [0, 0.1) is 6.92 Å². The van der Waals surface area contributed by atoms with Crippen LogP contribution in [0.3, 0.4) is 0 Å². The van der Waals surface area contributed by atoms with Gasteiger partial charge >= 0.3 is 0 Å². The minimum atomic E-state index is -0.232. The fourth-order valence-electron chi connectivity index (χ4n) is 3.31. The van der Waals surface area contributed by atoms with E-state index in [4.69, 9.17) is 4.74 Å². The van der Waals surface area contributed by atoms with Crippen LogP contribution >= 0.6 is 0 Å². The minimum Gasteiger partial charge on any atom is -0.494 e. The predicted octanol–water partition coefficient (Wildman–Crippen LogP) is 3.26. The molecule has 1 amide bonds. The molecular formula is C22H22N6O2. The standard InChI is InChI=1S/C22H22N6O2/c1-15(18-13-25-28(16(18)2)21-10-6-7-11-23-21)26-22(29)17-12-24-27(14-17)19-8-4-5-9-20(19)30-3/h4-15H,1-3H3,(H,26,29). The molecule has 3 aromatic heterocycles. The van der Waals surface area contributed by atoms with Crippen LogP contribution in [0.2, 0.25) is 0 Å². The fourth-order valence-corrected chi connectivity index (χ4v) is 3.31. The van der Waals surface area contributed by atoms with Crippen LogP contribution in [-0.2, 0) is 0 Å². The summed E-state index contributed by atoms with van der Waals surface area (Å²) >= 11 is 0. The van der Waals surface area contributed by atoms with Gasteiger partial charge in [-0.05, 0) is 38.1 Å². The highest BCUT2D eigenvalue weighted by Crippen LogP contribution is 2.22. The molecule has 0 spiro atoms. The number of nitrogens with zero attached hydrogens (tertiary/aromatic N) is 5. The number of rotatable bonds is 6. The van der Waals surface area contributed by atoms with Crippen LogP contribution < -0.4 is 10.1 Å². The van der Waals surface area contributed by atoms with Crippen LogP contribution in [0.15, 0.2) is 67.3 Å². The van der Waals surface area contributed by atoms with Gasteiger partial charge in [0.25, 0.3) is 5.91 Å². The van der Waals surface area contributed by atoms with E-state index in [9.17, 15) is 4.79 Å². The number of aromatic nitrogens is 5. The molecule has 0 saturated heterocycles. The van der Waals surface area contributed by atoms with E-state index in [1.165, 1.54) is 0 Å². The lowest BCUT2D eigenvalue weighted by atomic mass is 10.1. The summed E-state index contributed by atoms with van der Waals surface area (Å²) in [5, 5.41) is 11.7. The third kappa shape index (κ3) is 3.67. The van der Waals surface area contributed by atoms with Gasteiger partial charge in [0, 0.05) is 23.7 Å². The van der Waals surface area contributed by atoms with Crippen LogP contribution in [0.1, 0.15) is 34.6 Å². The number of hydrogen-bond acceptors (Lipinski definition) is 5. The Hall–Kier alpha value is -3.94. The minimum absolute atomic E-state index is 0.214. The topological polar surface area (TPSA) is 86.9 Å². The molecule has 1 atom stereocenters. The molecule has 0 aliphatic heterocycles. The highest BCUT2D eigenvalue weighted by atomic mass is 16.5. The first-order valence-corrected chi connectivity index (χ1v) is 9.53. The van der Waals surface area contributed by atoms with Gasteiger partial charge in [-0.25, -0.2) is 14.3 Å². The summed E-state index contributed by atoms with van der Waals surface area (Å²) in [7, 11) is 1.60. The van der Waals surface area contributed by atoms with Crippen molar-refractivity contribution in [3.8, 4) is 17.3 Å². The monoisotopic (exact) mass is 402 g/mol. The average Bonchev–Trinajstić information content (AvgIpc) is 3.41. The second-order valence-electron chi connectivity index (χ2n) is 6.83. The first kappa shape index (κ1) is 19.4. The Bertz CT molecular complexity index is 1170. The molecule has 30 heavy (non-hydrogen) atoms. The van der Waals surface area contributed by atoms with Crippen LogP contribution in [-0.4, -0.2) is 37.6 Å². The van der Waals surface area contributed by atoms with Crippen molar-refractivity contribution in [3.05, 3.63) is 84.1 Å². The van der Waals surface area contributed by atoms with Gasteiger partial charge in [-0.15, -0.1) is 0 Å². The first-order chi connectivity index (χ1) is 14.6. The Labute approximate surface area is 174 Å². The quantitative estimate of drug-likeness (QED) is 0.535.